The lowest BCUT2D eigenvalue weighted by molar-refractivity contribution is 0.414. The molecule has 4 heteroatoms. The van der Waals surface area contributed by atoms with Gasteiger partial charge in [0.15, 0.2) is 0 Å². The van der Waals surface area contributed by atoms with Crippen molar-refractivity contribution in [2.45, 2.75) is 19.9 Å². The molecule has 21 heavy (non-hydrogen) atoms. The molecule has 0 spiro atoms. The Bertz CT molecular complexity index is 630. The Hall–Kier alpha value is -1.03. The van der Waals surface area contributed by atoms with Crippen LogP contribution in [0.1, 0.15) is 29.7 Å². The minimum atomic E-state index is 0.110. The summed E-state index contributed by atoms with van der Waals surface area (Å²) in [6.45, 7) is 5.10. The van der Waals surface area contributed by atoms with Gasteiger partial charge in [-0.25, -0.2) is 0 Å². The van der Waals surface area contributed by atoms with Gasteiger partial charge in [-0.15, -0.1) is 0 Å². The van der Waals surface area contributed by atoms with Gasteiger partial charge in [-0.1, -0.05) is 52.7 Å². The molecule has 2 aromatic rings. The van der Waals surface area contributed by atoms with Gasteiger partial charge in [0.25, 0.3) is 0 Å². The summed E-state index contributed by atoms with van der Waals surface area (Å²) in [5.74, 6) is 0.699. The summed E-state index contributed by atoms with van der Waals surface area (Å²) in [5, 5.41) is 4.16. The van der Waals surface area contributed by atoms with Crippen LogP contribution in [0.25, 0.3) is 0 Å². The van der Waals surface area contributed by atoms with Gasteiger partial charge in [-0.2, -0.15) is 0 Å². The topological polar surface area (TPSA) is 21.3 Å². The molecule has 0 saturated carbocycles. The fraction of sp³-hybridized carbons (Fsp3) is 0.294. The van der Waals surface area contributed by atoms with Crippen molar-refractivity contribution in [2.75, 3.05) is 13.7 Å². The number of methoxy groups -OCH3 is 1. The Balaban J connectivity index is 2.50. The van der Waals surface area contributed by atoms with E-state index in [0.29, 0.717) is 10.8 Å². The largest absolute Gasteiger partial charge is 0.495 e. The molecule has 1 atom stereocenters. The van der Waals surface area contributed by atoms with Crippen molar-refractivity contribution in [3.63, 3.8) is 0 Å². The Labute approximate surface area is 139 Å². The number of halogens is 2. The van der Waals surface area contributed by atoms with Gasteiger partial charge in [-0.05, 0) is 48.4 Å². The Kier molecular flexibility index (Phi) is 5.68. The van der Waals surface area contributed by atoms with Crippen LogP contribution in [-0.4, -0.2) is 13.7 Å². The molecule has 0 fully saturated rings. The molecule has 2 aromatic carbocycles. The van der Waals surface area contributed by atoms with Crippen molar-refractivity contribution in [3.05, 3.63) is 62.6 Å². The number of nitrogens with one attached hydrogen (secondary N) is 1. The molecule has 0 saturated heterocycles. The number of rotatable bonds is 5. The SMILES string of the molecule is CCNC(c1ccc(Cl)c(OC)c1)c1cccc(Br)c1C. The number of hydrogen-bond donors (Lipinski definition) is 1. The van der Waals surface area contributed by atoms with Crippen molar-refractivity contribution in [3.8, 4) is 5.75 Å². The van der Waals surface area contributed by atoms with Crippen LogP contribution in [0.5, 0.6) is 5.75 Å². The van der Waals surface area contributed by atoms with Gasteiger partial charge in [0, 0.05) is 4.47 Å². The van der Waals surface area contributed by atoms with Crippen LogP contribution in [0.2, 0.25) is 5.02 Å². The van der Waals surface area contributed by atoms with E-state index in [9.17, 15) is 0 Å². The summed E-state index contributed by atoms with van der Waals surface area (Å²) in [6.07, 6.45) is 0. The first-order valence-electron chi connectivity index (χ1n) is 6.90. The van der Waals surface area contributed by atoms with E-state index < -0.39 is 0 Å². The van der Waals surface area contributed by atoms with E-state index in [2.05, 4.69) is 53.3 Å². The molecule has 1 N–H and O–H groups in total. The van der Waals surface area contributed by atoms with Crippen LogP contribution in [0.3, 0.4) is 0 Å². The van der Waals surface area contributed by atoms with Crippen LogP contribution in [0.15, 0.2) is 40.9 Å². The van der Waals surface area contributed by atoms with Crippen LogP contribution in [-0.2, 0) is 0 Å². The smallest absolute Gasteiger partial charge is 0.137 e. The van der Waals surface area contributed by atoms with Gasteiger partial charge in [-0.3, -0.25) is 0 Å². The molecule has 0 aliphatic carbocycles. The van der Waals surface area contributed by atoms with Crippen LogP contribution < -0.4 is 10.1 Å². The first kappa shape index (κ1) is 16.3. The third-order valence-electron chi connectivity index (χ3n) is 3.54. The minimum absolute atomic E-state index is 0.110. The normalized spacial score (nSPS) is 12.2. The molecule has 0 aliphatic heterocycles. The third-order valence-corrected chi connectivity index (χ3v) is 4.71. The summed E-state index contributed by atoms with van der Waals surface area (Å²) >= 11 is 9.73. The zero-order valence-electron chi connectivity index (χ0n) is 12.4. The van der Waals surface area contributed by atoms with Gasteiger partial charge >= 0.3 is 0 Å². The quantitative estimate of drug-likeness (QED) is 0.791. The van der Waals surface area contributed by atoms with E-state index in [1.807, 2.05) is 18.2 Å². The second-order valence-corrected chi connectivity index (χ2v) is 6.10. The van der Waals surface area contributed by atoms with Gasteiger partial charge in [0.1, 0.15) is 5.75 Å². The molecule has 1 unspecified atom stereocenters. The summed E-state index contributed by atoms with van der Waals surface area (Å²) < 4.78 is 6.45. The average Bonchev–Trinajstić information content (AvgIpc) is 2.49. The highest BCUT2D eigenvalue weighted by atomic mass is 79.9. The lowest BCUT2D eigenvalue weighted by Gasteiger charge is -2.22. The van der Waals surface area contributed by atoms with Gasteiger partial charge in [0.05, 0.1) is 18.2 Å². The molecule has 0 radical (unpaired) electrons. The predicted octanol–water partition coefficient (Wildman–Crippen LogP) is 5.12. The van der Waals surface area contributed by atoms with Crippen molar-refractivity contribution in [1.82, 2.24) is 5.32 Å². The monoisotopic (exact) mass is 367 g/mol. The first-order valence-corrected chi connectivity index (χ1v) is 8.07. The van der Waals surface area contributed by atoms with E-state index in [-0.39, 0.29) is 6.04 Å². The molecule has 0 heterocycles. The van der Waals surface area contributed by atoms with Crippen LogP contribution in [0.4, 0.5) is 0 Å². The maximum absolute atomic E-state index is 6.13. The minimum Gasteiger partial charge on any atom is -0.495 e. The highest BCUT2D eigenvalue weighted by Crippen LogP contribution is 2.33. The summed E-state index contributed by atoms with van der Waals surface area (Å²) in [4.78, 5) is 0. The van der Waals surface area contributed by atoms with Gasteiger partial charge in [0.2, 0.25) is 0 Å². The summed E-state index contributed by atoms with van der Waals surface area (Å²) in [5.41, 5.74) is 3.62. The zero-order valence-corrected chi connectivity index (χ0v) is 14.8. The van der Waals surface area contributed by atoms with Crippen molar-refractivity contribution in [2.24, 2.45) is 0 Å². The van der Waals surface area contributed by atoms with Crippen molar-refractivity contribution in [1.29, 1.82) is 0 Å². The maximum Gasteiger partial charge on any atom is 0.137 e. The first-order chi connectivity index (χ1) is 10.1. The summed E-state index contributed by atoms with van der Waals surface area (Å²) in [6, 6.07) is 12.3. The number of ether oxygens (including phenoxy) is 1. The van der Waals surface area contributed by atoms with Crippen molar-refractivity contribution >= 4 is 27.5 Å². The van der Waals surface area contributed by atoms with E-state index >= 15 is 0 Å². The Morgan fingerprint density at radius 1 is 1.29 bits per heavy atom. The maximum atomic E-state index is 6.13. The Morgan fingerprint density at radius 2 is 2.05 bits per heavy atom. The molecule has 112 valence electrons. The highest BCUT2D eigenvalue weighted by molar-refractivity contribution is 9.10. The third kappa shape index (κ3) is 3.60. The standard InChI is InChI=1S/C17H19BrClNO/c1-4-20-17(13-6-5-7-14(18)11(13)2)12-8-9-15(19)16(10-12)21-3/h5-10,17,20H,4H2,1-3H3. The molecule has 0 amide bonds. The fourth-order valence-electron chi connectivity index (χ4n) is 2.40. The summed E-state index contributed by atoms with van der Waals surface area (Å²) in [7, 11) is 1.64. The van der Waals surface area contributed by atoms with E-state index in [1.54, 1.807) is 7.11 Å². The highest BCUT2D eigenvalue weighted by Gasteiger charge is 2.17. The molecule has 0 bridgehead atoms. The second-order valence-electron chi connectivity index (χ2n) is 4.84. The van der Waals surface area contributed by atoms with Crippen LogP contribution in [0, 0.1) is 6.92 Å². The molecule has 2 rings (SSSR count). The van der Waals surface area contributed by atoms with Crippen molar-refractivity contribution < 1.29 is 4.74 Å². The van der Waals surface area contributed by atoms with E-state index in [0.717, 1.165) is 16.6 Å². The van der Waals surface area contributed by atoms with E-state index in [1.165, 1.54) is 11.1 Å². The number of hydrogen-bond acceptors (Lipinski definition) is 2. The molecular weight excluding hydrogens is 350 g/mol. The number of benzene rings is 2. The lowest BCUT2D eigenvalue weighted by atomic mass is 9.95. The fourth-order valence-corrected chi connectivity index (χ4v) is 2.98. The molecule has 0 aliphatic rings. The van der Waals surface area contributed by atoms with Crippen LogP contribution >= 0.6 is 27.5 Å². The lowest BCUT2D eigenvalue weighted by Crippen LogP contribution is -2.23. The predicted molar refractivity (Wildman–Crippen MR) is 92.4 cm³/mol. The van der Waals surface area contributed by atoms with Gasteiger partial charge < -0.3 is 10.1 Å². The van der Waals surface area contributed by atoms with E-state index in [4.69, 9.17) is 16.3 Å². The second kappa shape index (κ2) is 7.30. The Morgan fingerprint density at radius 3 is 2.71 bits per heavy atom. The molecule has 2 nitrogen and oxygen atoms in total. The molecule has 0 aromatic heterocycles. The average molecular weight is 369 g/mol. The zero-order chi connectivity index (χ0) is 15.4. The molecular formula is C17H19BrClNO.